The highest BCUT2D eigenvalue weighted by Gasteiger charge is 2.58. The first kappa shape index (κ1) is 12.2. The molecule has 0 aromatic heterocycles. The Morgan fingerprint density at radius 3 is 2.81 bits per heavy atom. The van der Waals surface area contributed by atoms with E-state index in [-0.39, 0.29) is 5.54 Å². The van der Waals surface area contributed by atoms with Crippen LogP contribution in [-0.2, 0) is 4.79 Å². The summed E-state index contributed by atoms with van der Waals surface area (Å²) in [6.07, 6.45) is 7.90. The molecule has 92 valence electrons. The van der Waals surface area contributed by atoms with Crippen LogP contribution in [0.25, 0.3) is 0 Å². The quantitative estimate of drug-likeness (QED) is 0.721. The first-order chi connectivity index (χ1) is 7.73. The number of unbranched alkanes of at least 4 members (excludes halogenated alkanes) is 1. The highest BCUT2D eigenvalue weighted by molar-refractivity contribution is 7.98. The van der Waals surface area contributed by atoms with Crippen LogP contribution >= 0.6 is 11.8 Å². The van der Waals surface area contributed by atoms with Crippen molar-refractivity contribution < 1.29 is 4.79 Å². The molecule has 1 saturated carbocycles. The molecule has 1 unspecified atom stereocenters. The number of nitrogens with zero attached hydrogens (tertiary/aromatic N) is 1. The lowest BCUT2D eigenvalue weighted by Crippen LogP contribution is -2.37. The van der Waals surface area contributed by atoms with E-state index < -0.39 is 0 Å². The normalized spacial score (nSPS) is 26.8. The molecule has 1 saturated heterocycles. The average Bonchev–Trinajstić information content (AvgIpc) is 3.01. The van der Waals surface area contributed by atoms with Gasteiger partial charge in [-0.25, -0.2) is 0 Å². The molecule has 2 aliphatic rings. The second kappa shape index (κ2) is 4.96. The fourth-order valence-corrected chi connectivity index (χ4v) is 2.96. The van der Waals surface area contributed by atoms with Gasteiger partial charge in [-0.05, 0) is 44.1 Å². The third-order valence-corrected chi connectivity index (χ3v) is 4.32. The average molecular weight is 242 g/mol. The van der Waals surface area contributed by atoms with E-state index in [1.807, 2.05) is 11.8 Å². The van der Waals surface area contributed by atoms with Crippen molar-refractivity contribution >= 4 is 17.7 Å². The van der Waals surface area contributed by atoms with Crippen LogP contribution in [0.2, 0.25) is 0 Å². The molecule has 1 spiro atoms. The SMILES string of the molecule is CCC1NC2(CC2)C(=O)N1CCCCSC. The second-order valence-electron chi connectivity index (χ2n) is 4.85. The molecule has 3 nitrogen and oxygen atoms in total. The van der Waals surface area contributed by atoms with E-state index in [0.717, 1.165) is 32.2 Å². The van der Waals surface area contributed by atoms with Crippen LogP contribution in [0.1, 0.15) is 39.0 Å². The number of thioether (sulfide) groups is 1. The molecule has 1 atom stereocenters. The number of hydrogen-bond donors (Lipinski definition) is 1. The van der Waals surface area contributed by atoms with Crippen LogP contribution in [0.3, 0.4) is 0 Å². The molecule has 0 aromatic rings. The Morgan fingerprint density at radius 1 is 1.50 bits per heavy atom. The summed E-state index contributed by atoms with van der Waals surface area (Å²) in [6, 6.07) is 0. The summed E-state index contributed by atoms with van der Waals surface area (Å²) in [5, 5.41) is 3.50. The van der Waals surface area contributed by atoms with Crippen molar-refractivity contribution in [1.82, 2.24) is 10.2 Å². The molecule has 1 heterocycles. The number of carbonyl (C=O) groups excluding carboxylic acids is 1. The molecule has 16 heavy (non-hydrogen) atoms. The molecule has 0 aromatic carbocycles. The number of nitrogens with one attached hydrogen (secondary N) is 1. The van der Waals surface area contributed by atoms with Crippen LogP contribution in [0.4, 0.5) is 0 Å². The lowest BCUT2D eigenvalue weighted by atomic mass is 10.2. The maximum atomic E-state index is 12.2. The van der Waals surface area contributed by atoms with Gasteiger partial charge >= 0.3 is 0 Å². The van der Waals surface area contributed by atoms with Gasteiger partial charge in [-0.15, -0.1) is 0 Å². The maximum absolute atomic E-state index is 12.2. The minimum absolute atomic E-state index is 0.125. The van der Waals surface area contributed by atoms with Crippen molar-refractivity contribution in [3.8, 4) is 0 Å². The molecule has 0 radical (unpaired) electrons. The molecule has 4 heteroatoms. The van der Waals surface area contributed by atoms with Crippen LogP contribution in [0.15, 0.2) is 0 Å². The van der Waals surface area contributed by atoms with Crippen molar-refractivity contribution in [3.05, 3.63) is 0 Å². The summed E-state index contributed by atoms with van der Waals surface area (Å²) in [6.45, 7) is 3.09. The fraction of sp³-hybridized carbons (Fsp3) is 0.917. The number of carbonyl (C=O) groups is 1. The Bertz CT molecular complexity index is 266. The van der Waals surface area contributed by atoms with Crippen LogP contribution in [-0.4, -0.2) is 41.1 Å². The molecular weight excluding hydrogens is 220 g/mol. The molecule has 1 aliphatic heterocycles. The van der Waals surface area contributed by atoms with Gasteiger partial charge in [0.1, 0.15) is 0 Å². The van der Waals surface area contributed by atoms with Gasteiger partial charge < -0.3 is 4.90 Å². The minimum atomic E-state index is -0.125. The predicted octanol–water partition coefficient (Wildman–Crippen LogP) is 1.83. The van der Waals surface area contributed by atoms with Crippen molar-refractivity contribution in [2.45, 2.75) is 50.7 Å². The van der Waals surface area contributed by atoms with Crippen molar-refractivity contribution in [2.75, 3.05) is 18.6 Å². The Kier molecular flexibility index (Phi) is 3.80. The van der Waals surface area contributed by atoms with E-state index in [1.54, 1.807) is 0 Å². The van der Waals surface area contributed by atoms with E-state index in [2.05, 4.69) is 23.4 Å². The van der Waals surface area contributed by atoms with Crippen molar-refractivity contribution in [3.63, 3.8) is 0 Å². The summed E-state index contributed by atoms with van der Waals surface area (Å²) >= 11 is 1.88. The zero-order valence-corrected chi connectivity index (χ0v) is 11.1. The Balaban J connectivity index is 1.84. The third kappa shape index (κ3) is 2.23. The monoisotopic (exact) mass is 242 g/mol. The van der Waals surface area contributed by atoms with Gasteiger partial charge in [0.2, 0.25) is 5.91 Å². The number of amides is 1. The first-order valence-corrected chi connectivity index (χ1v) is 7.70. The van der Waals surface area contributed by atoms with E-state index in [0.29, 0.717) is 12.1 Å². The summed E-state index contributed by atoms with van der Waals surface area (Å²) < 4.78 is 0. The lowest BCUT2D eigenvalue weighted by Gasteiger charge is -2.22. The summed E-state index contributed by atoms with van der Waals surface area (Å²) in [5.74, 6) is 1.57. The van der Waals surface area contributed by atoms with Gasteiger partial charge in [-0.2, -0.15) is 11.8 Å². The lowest BCUT2D eigenvalue weighted by molar-refractivity contribution is -0.130. The summed E-state index contributed by atoms with van der Waals surface area (Å²) in [5.41, 5.74) is -0.125. The molecular formula is C12H22N2OS. The molecule has 2 fully saturated rings. The van der Waals surface area contributed by atoms with Gasteiger partial charge in [-0.3, -0.25) is 10.1 Å². The number of hydrogen-bond acceptors (Lipinski definition) is 3. The fourth-order valence-electron chi connectivity index (χ4n) is 2.47. The smallest absolute Gasteiger partial charge is 0.244 e. The highest BCUT2D eigenvalue weighted by atomic mass is 32.2. The second-order valence-corrected chi connectivity index (χ2v) is 5.83. The molecule has 1 amide bonds. The Morgan fingerprint density at radius 2 is 2.25 bits per heavy atom. The third-order valence-electron chi connectivity index (χ3n) is 3.62. The number of rotatable bonds is 6. The Labute approximate surface area is 102 Å². The largest absolute Gasteiger partial charge is 0.326 e. The van der Waals surface area contributed by atoms with Gasteiger partial charge in [0.05, 0.1) is 11.7 Å². The molecule has 1 N–H and O–H groups in total. The molecule has 1 aliphatic carbocycles. The van der Waals surface area contributed by atoms with Gasteiger partial charge in [0.15, 0.2) is 0 Å². The van der Waals surface area contributed by atoms with Crippen LogP contribution < -0.4 is 5.32 Å². The van der Waals surface area contributed by atoms with Gasteiger partial charge in [0.25, 0.3) is 0 Å². The standard InChI is InChI=1S/C12H22N2OS/c1-3-10-13-12(6-7-12)11(15)14(10)8-4-5-9-16-2/h10,13H,3-9H2,1-2H3. The van der Waals surface area contributed by atoms with E-state index in [9.17, 15) is 4.79 Å². The highest BCUT2D eigenvalue weighted by Crippen LogP contribution is 2.42. The zero-order valence-electron chi connectivity index (χ0n) is 10.3. The molecule has 2 rings (SSSR count). The maximum Gasteiger partial charge on any atom is 0.244 e. The molecule has 0 bridgehead atoms. The van der Waals surface area contributed by atoms with Crippen molar-refractivity contribution in [2.24, 2.45) is 0 Å². The predicted molar refractivity (Wildman–Crippen MR) is 68.5 cm³/mol. The summed E-state index contributed by atoms with van der Waals surface area (Å²) in [4.78, 5) is 14.3. The van der Waals surface area contributed by atoms with Gasteiger partial charge in [-0.1, -0.05) is 6.92 Å². The topological polar surface area (TPSA) is 32.3 Å². The Hall–Kier alpha value is -0.220. The summed E-state index contributed by atoms with van der Waals surface area (Å²) in [7, 11) is 0. The van der Waals surface area contributed by atoms with E-state index >= 15 is 0 Å². The van der Waals surface area contributed by atoms with E-state index in [1.165, 1.54) is 12.2 Å². The van der Waals surface area contributed by atoms with Crippen LogP contribution in [0, 0.1) is 0 Å². The van der Waals surface area contributed by atoms with Crippen LogP contribution in [0.5, 0.6) is 0 Å². The minimum Gasteiger partial charge on any atom is -0.326 e. The first-order valence-electron chi connectivity index (χ1n) is 6.31. The van der Waals surface area contributed by atoms with E-state index in [4.69, 9.17) is 0 Å². The zero-order chi connectivity index (χ0) is 11.6. The van der Waals surface area contributed by atoms with Crippen molar-refractivity contribution in [1.29, 1.82) is 0 Å². The van der Waals surface area contributed by atoms with Gasteiger partial charge in [0, 0.05) is 6.54 Å².